The zero-order valence-electron chi connectivity index (χ0n) is 37.2. The van der Waals surface area contributed by atoms with Crippen LogP contribution in [0.15, 0.2) is 48.9 Å². The minimum Gasteiger partial charge on any atom is -0.480 e. The maximum atomic E-state index is 13.7. The molecular weight excluding hydrogens is 837 g/mol. The Kier molecular flexibility index (Phi) is 14.5. The molecule has 2 amide bonds. The van der Waals surface area contributed by atoms with Crippen LogP contribution in [-0.2, 0) is 30.2 Å². The quantitative estimate of drug-likeness (QED) is 0.0981. The van der Waals surface area contributed by atoms with Crippen molar-refractivity contribution in [2.75, 3.05) is 45.1 Å². The second-order valence-electron chi connectivity index (χ2n) is 18.7. The summed E-state index contributed by atoms with van der Waals surface area (Å²) in [4.78, 5) is 51.8. The molecule has 2 aliphatic rings. The molecule has 2 aromatic heterocycles. The van der Waals surface area contributed by atoms with Gasteiger partial charge in [-0.25, -0.2) is 24.4 Å². The highest BCUT2D eigenvalue weighted by atomic mass is 35.5. The number of hydrogen-bond acceptors (Lipinski definition) is 11. The van der Waals surface area contributed by atoms with Gasteiger partial charge in [0, 0.05) is 45.3 Å². The van der Waals surface area contributed by atoms with Gasteiger partial charge in [-0.05, 0) is 122 Å². The minimum atomic E-state index is -1.19. The number of alkyl carbamates (subject to hydrolysis) is 1. The number of anilines is 1. The first-order chi connectivity index (χ1) is 29.1. The van der Waals surface area contributed by atoms with Crippen LogP contribution < -0.4 is 10.6 Å². The number of aliphatic carboxylic acids is 1. The number of rotatable bonds is 16. The van der Waals surface area contributed by atoms with E-state index in [-0.39, 0.29) is 30.6 Å². The van der Waals surface area contributed by atoms with Crippen molar-refractivity contribution in [3.63, 3.8) is 0 Å². The monoisotopic (exact) mass is 897 g/mol. The zero-order valence-corrected chi connectivity index (χ0v) is 38.7. The number of hydrogen-bond donors (Lipinski definition) is 3. The van der Waals surface area contributed by atoms with Gasteiger partial charge >= 0.3 is 18.2 Å². The van der Waals surface area contributed by atoms with Gasteiger partial charge in [-0.3, -0.25) is 0 Å². The van der Waals surface area contributed by atoms with Crippen molar-refractivity contribution >= 4 is 69.0 Å². The molecule has 6 rings (SSSR count). The number of benzene rings is 2. The average Bonchev–Trinajstić information content (AvgIpc) is 3.83. The van der Waals surface area contributed by atoms with Gasteiger partial charge in [-0.1, -0.05) is 41.4 Å². The Morgan fingerprint density at radius 3 is 2.31 bits per heavy atom. The number of nitrogens with one attached hydrogen (secondary N) is 2. The van der Waals surface area contributed by atoms with Crippen LogP contribution in [-0.4, -0.2) is 123 Å². The molecule has 0 bridgehead atoms. The SMILES string of the molecule is CNc1ncnc2c1ccn2[C@@H]1C[C@H](CN(CCCN(CCc2ccc3cc(Cl)c(Cl)cc3c2)C(=O)OC(C)(C)C)CCC(NC(=O)OC(C)(C)C)C(=O)O)[C@H]2OC(C)(C)O[C@H]21. The third kappa shape index (κ3) is 12.0. The van der Waals surface area contributed by atoms with Gasteiger partial charge in [-0.2, -0.15) is 0 Å². The summed E-state index contributed by atoms with van der Waals surface area (Å²) in [5.41, 5.74) is 0.314. The van der Waals surface area contributed by atoms with Crippen LogP contribution in [0.4, 0.5) is 15.4 Å². The van der Waals surface area contributed by atoms with E-state index in [4.69, 9.17) is 42.1 Å². The summed E-state index contributed by atoms with van der Waals surface area (Å²) in [6.07, 6.45) is 3.76. The second-order valence-corrected chi connectivity index (χ2v) is 19.5. The highest BCUT2D eigenvalue weighted by molar-refractivity contribution is 6.42. The van der Waals surface area contributed by atoms with E-state index < -0.39 is 41.2 Å². The molecule has 2 fully saturated rings. The first kappa shape index (κ1) is 47.1. The molecule has 5 atom stereocenters. The molecule has 0 radical (unpaired) electrons. The first-order valence-corrected chi connectivity index (χ1v) is 22.0. The van der Waals surface area contributed by atoms with Crippen molar-refractivity contribution in [3.05, 3.63) is 64.5 Å². The Morgan fingerprint density at radius 1 is 0.935 bits per heavy atom. The number of carboxylic acid groups (broad SMARTS) is 1. The molecule has 3 N–H and O–H groups in total. The van der Waals surface area contributed by atoms with Crippen molar-refractivity contribution < 1.29 is 38.4 Å². The van der Waals surface area contributed by atoms with E-state index in [1.807, 2.05) is 78.2 Å². The molecule has 15 nitrogen and oxygen atoms in total. The fraction of sp³-hybridized carbons (Fsp3) is 0.578. The van der Waals surface area contributed by atoms with Gasteiger partial charge in [0.1, 0.15) is 41.1 Å². The minimum absolute atomic E-state index is 0.0184. The summed E-state index contributed by atoms with van der Waals surface area (Å²) < 4.78 is 26.6. The maximum absolute atomic E-state index is 13.7. The summed E-state index contributed by atoms with van der Waals surface area (Å²) in [5, 5.41) is 19.7. The number of aromatic nitrogens is 3. The Bertz CT molecular complexity index is 2240. The second kappa shape index (κ2) is 19.1. The van der Waals surface area contributed by atoms with Crippen LogP contribution in [0.5, 0.6) is 0 Å². The van der Waals surface area contributed by atoms with E-state index in [1.54, 1.807) is 32.0 Å². The van der Waals surface area contributed by atoms with Crippen molar-refractivity contribution in [1.82, 2.24) is 29.7 Å². The van der Waals surface area contributed by atoms with E-state index in [2.05, 4.69) is 36.1 Å². The predicted molar refractivity (Wildman–Crippen MR) is 240 cm³/mol. The molecule has 1 aliphatic heterocycles. The average molecular weight is 899 g/mol. The normalized spacial score (nSPS) is 20.3. The number of carbonyl (C=O) groups excluding carboxylic acids is 2. The van der Waals surface area contributed by atoms with Crippen molar-refractivity contribution in [2.24, 2.45) is 5.92 Å². The smallest absolute Gasteiger partial charge is 0.410 e. The fourth-order valence-corrected chi connectivity index (χ4v) is 8.75. The molecule has 0 spiro atoms. The van der Waals surface area contributed by atoms with Crippen LogP contribution in [0.2, 0.25) is 10.0 Å². The van der Waals surface area contributed by atoms with E-state index in [9.17, 15) is 19.5 Å². The third-order valence-corrected chi connectivity index (χ3v) is 11.8. The van der Waals surface area contributed by atoms with Gasteiger partial charge in [0.2, 0.25) is 0 Å². The molecule has 17 heteroatoms. The summed E-state index contributed by atoms with van der Waals surface area (Å²) in [5.74, 6) is -1.27. The van der Waals surface area contributed by atoms with Gasteiger partial charge in [0.05, 0.1) is 27.6 Å². The molecule has 62 heavy (non-hydrogen) atoms. The molecule has 3 heterocycles. The van der Waals surface area contributed by atoms with Crippen LogP contribution in [0.3, 0.4) is 0 Å². The van der Waals surface area contributed by atoms with E-state index >= 15 is 0 Å². The lowest BCUT2D eigenvalue weighted by atomic mass is 10.0. The lowest BCUT2D eigenvalue weighted by Gasteiger charge is -2.31. The van der Waals surface area contributed by atoms with Gasteiger partial charge in [0.25, 0.3) is 0 Å². The third-order valence-electron chi connectivity index (χ3n) is 11.0. The summed E-state index contributed by atoms with van der Waals surface area (Å²) >= 11 is 12.6. The molecule has 1 unspecified atom stereocenters. The number of halogens is 2. The van der Waals surface area contributed by atoms with Crippen LogP contribution >= 0.6 is 23.2 Å². The number of carbonyl (C=O) groups is 3. The van der Waals surface area contributed by atoms with Crippen LogP contribution in [0.25, 0.3) is 21.8 Å². The Labute approximate surface area is 373 Å². The molecule has 338 valence electrons. The number of nitrogens with zero attached hydrogens (tertiary/aromatic N) is 5. The lowest BCUT2D eigenvalue weighted by molar-refractivity contribution is -0.161. The van der Waals surface area contributed by atoms with Crippen molar-refractivity contribution in [3.8, 4) is 0 Å². The molecule has 1 aliphatic carbocycles. The van der Waals surface area contributed by atoms with Gasteiger partial charge in [-0.15, -0.1) is 0 Å². The van der Waals surface area contributed by atoms with E-state index in [1.165, 1.54) is 0 Å². The van der Waals surface area contributed by atoms with Crippen LogP contribution in [0.1, 0.15) is 86.3 Å². The molecule has 1 saturated heterocycles. The number of fused-ring (bicyclic) bond motifs is 3. The fourth-order valence-electron chi connectivity index (χ4n) is 8.41. The van der Waals surface area contributed by atoms with E-state index in [0.29, 0.717) is 62.0 Å². The summed E-state index contributed by atoms with van der Waals surface area (Å²) in [7, 11) is 1.83. The van der Waals surface area contributed by atoms with Gasteiger partial charge < -0.3 is 49.1 Å². The predicted octanol–water partition coefficient (Wildman–Crippen LogP) is 8.55. The largest absolute Gasteiger partial charge is 0.480 e. The zero-order chi connectivity index (χ0) is 45.1. The number of ether oxygens (including phenoxy) is 4. The standard InChI is InChI=1S/C45H61Cl2N7O8/c1-43(2,3)61-41(57)51-34(40(55)56)15-18-52(25-30-24-35(37-36(30)59-45(7,8)60-37)54-20-14-31-38(48-9)49-26-50-39(31)54)16-10-17-53(42(58)62-44(4,5)6)19-13-27-11-12-28-22-32(46)33(47)23-29(28)21-27/h11-12,14,20-23,26,30,34-37H,10,13,15-19,24-25H2,1-9H3,(H,51,57)(H,55,56)(H,48,49,50)/t30-,34?,35-,36-,37+/m1/s1. The number of carboxylic acids is 1. The lowest BCUT2D eigenvalue weighted by Crippen LogP contribution is -2.46. The van der Waals surface area contributed by atoms with E-state index in [0.717, 1.165) is 33.2 Å². The molecule has 2 aromatic carbocycles. The summed E-state index contributed by atoms with van der Waals surface area (Å²) in [6.45, 7) is 16.7. The highest BCUT2D eigenvalue weighted by Crippen LogP contribution is 2.48. The first-order valence-electron chi connectivity index (χ1n) is 21.2. The Hall–Kier alpha value is -4.41. The molecular formula is C45H61Cl2N7O8. The highest BCUT2D eigenvalue weighted by Gasteiger charge is 2.55. The summed E-state index contributed by atoms with van der Waals surface area (Å²) in [6, 6.07) is 10.5. The maximum Gasteiger partial charge on any atom is 0.410 e. The number of amides is 2. The van der Waals surface area contributed by atoms with Gasteiger partial charge in [0.15, 0.2) is 5.79 Å². The topological polar surface area (TPSA) is 170 Å². The van der Waals surface area contributed by atoms with Crippen molar-refractivity contribution in [2.45, 2.75) is 122 Å². The molecule has 1 saturated carbocycles. The molecule has 4 aromatic rings. The van der Waals surface area contributed by atoms with Crippen molar-refractivity contribution in [1.29, 1.82) is 0 Å². The Morgan fingerprint density at radius 2 is 1.63 bits per heavy atom. The van der Waals surface area contributed by atoms with Crippen LogP contribution in [0, 0.1) is 5.92 Å². The Balaban J connectivity index is 1.22.